The smallest absolute Gasteiger partial charge is 0.178 e. The van der Waals surface area contributed by atoms with Crippen LogP contribution in [0.1, 0.15) is 31.7 Å². The molecule has 0 aliphatic carbocycles. The van der Waals surface area contributed by atoms with Gasteiger partial charge in [0, 0.05) is 6.42 Å². The Morgan fingerprint density at radius 1 is 1.08 bits per heavy atom. The summed E-state index contributed by atoms with van der Waals surface area (Å²) < 4.78 is 1.71. The second-order valence-corrected chi connectivity index (χ2v) is 6.60. The summed E-state index contributed by atoms with van der Waals surface area (Å²) in [4.78, 5) is 0. The van der Waals surface area contributed by atoms with Crippen LogP contribution in [-0.2, 0) is 6.42 Å². The molecule has 0 fully saturated rings. The molecular formula is C18H23N5O2. The fourth-order valence-electron chi connectivity index (χ4n) is 2.77. The van der Waals surface area contributed by atoms with Crippen LogP contribution in [0, 0.1) is 5.92 Å². The summed E-state index contributed by atoms with van der Waals surface area (Å²) >= 11 is 0. The summed E-state index contributed by atoms with van der Waals surface area (Å²) in [5.74, 6) is 2.11. The van der Waals surface area contributed by atoms with Gasteiger partial charge in [-0.3, -0.25) is 0 Å². The van der Waals surface area contributed by atoms with Gasteiger partial charge >= 0.3 is 0 Å². The maximum Gasteiger partial charge on any atom is 0.178 e. The average Bonchev–Trinajstić information content (AvgIpc) is 2.98. The molecule has 132 valence electrons. The molecule has 0 saturated carbocycles. The van der Waals surface area contributed by atoms with E-state index in [0.29, 0.717) is 29.6 Å². The molecule has 7 nitrogen and oxygen atoms in total. The Morgan fingerprint density at radius 2 is 1.84 bits per heavy atom. The van der Waals surface area contributed by atoms with E-state index in [2.05, 4.69) is 34.5 Å². The van der Waals surface area contributed by atoms with E-state index in [1.807, 2.05) is 24.3 Å². The highest BCUT2D eigenvalue weighted by Crippen LogP contribution is 2.15. The van der Waals surface area contributed by atoms with E-state index in [9.17, 15) is 10.2 Å². The lowest BCUT2D eigenvalue weighted by Gasteiger charge is -2.18. The number of aliphatic hydroxyl groups is 1. The second kappa shape index (κ2) is 7.48. The number of hydrogen-bond acceptors (Lipinski definition) is 6. The molecule has 0 spiro atoms. The minimum Gasteiger partial charge on any atom is -0.508 e. The molecule has 0 unspecified atom stereocenters. The highest BCUT2D eigenvalue weighted by molar-refractivity contribution is 5.45. The fourth-order valence-corrected chi connectivity index (χ4v) is 2.77. The molecule has 7 heteroatoms. The van der Waals surface area contributed by atoms with Crippen LogP contribution in [0.5, 0.6) is 5.75 Å². The van der Waals surface area contributed by atoms with Gasteiger partial charge in [0.1, 0.15) is 11.6 Å². The molecule has 0 bridgehead atoms. The van der Waals surface area contributed by atoms with Crippen LogP contribution in [0.3, 0.4) is 0 Å². The summed E-state index contributed by atoms with van der Waals surface area (Å²) in [5, 5.41) is 35.1. The van der Waals surface area contributed by atoms with Gasteiger partial charge in [-0.25, -0.2) is 0 Å². The number of aliphatic hydroxyl groups excluding tert-OH is 1. The first-order valence-electron chi connectivity index (χ1n) is 8.42. The van der Waals surface area contributed by atoms with Gasteiger partial charge in [-0.2, -0.15) is 4.52 Å². The standard InChI is InChI=1S/C18H23N5O2/c1-12(2)9-14(11-24)19-16-7-8-17-20-21-18(23(17)22-16)10-13-3-5-15(25)6-4-13/h3-8,12,14,24-25H,9-11H2,1-2H3,(H,19,22)/t14-/m0/s1. The summed E-state index contributed by atoms with van der Waals surface area (Å²) in [6.07, 6.45) is 1.42. The van der Waals surface area contributed by atoms with Crippen molar-refractivity contribution in [3.05, 3.63) is 47.8 Å². The van der Waals surface area contributed by atoms with E-state index in [0.717, 1.165) is 12.0 Å². The third-order valence-corrected chi connectivity index (χ3v) is 3.95. The van der Waals surface area contributed by atoms with E-state index >= 15 is 0 Å². The van der Waals surface area contributed by atoms with Gasteiger partial charge in [-0.05, 0) is 42.2 Å². The number of nitrogens with one attached hydrogen (secondary N) is 1. The summed E-state index contributed by atoms with van der Waals surface area (Å²) in [6.45, 7) is 4.30. The van der Waals surface area contributed by atoms with Crippen molar-refractivity contribution in [2.75, 3.05) is 11.9 Å². The van der Waals surface area contributed by atoms with Gasteiger partial charge in [-0.1, -0.05) is 26.0 Å². The van der Waals surface area contributed by atoms with Crippen LogP contribution in [0.25, 0.3) is 5.65 Å². The monoisotopic (exact) mass is 341 g/mol. The number of fused-ring (bicyclic) bond motifs is 1. The number of aromatic nitrogens is 4. The molecule has 2 aromatic heterocycles. The van der Waals surface area contributed by atoms with Crippen LogP contribution >= 0.6 is 0 Å². The van der Waals surface area contributed by atoms with E-state index < -0.39 is 0 Å². The van der Waals surface area contributed by atoms with Crippen molar-refractivity contribution in [3.63, 3.8) is 0 Å². The SMILES string of the molecule is CC(C)C[C@@H](CO)Nc1ccc2nnc(Cc3ccc(O)cc3)n2n1. The molecule has 0 amide bonds. The minimum atomic E-state index is -0.0398. The molecule has 1 aromatic carbocycles. The lowest BCUT2D eigenvalue weighted by atomic mass is 10.0. The third kappa shape index (κ3) is 4.24. The maximum atomic E-state index is 9.54. The molecule has 0 radical (unpaired) electrons. The molecule has 0 aliphatic heterocycles. The Bertz CT molecular complexity index is 829. The Balaban J connectivity index is 1.82. The average molecular weight is 341 g/mol. The fraction of sp³-hybridized carbons (Fsp3) is 0.389. The lowest BCUT2D eigenvalue weighted by molar-refractivity contribution is 0.259. The Morgan fingerprint density at radius 3 is 2.52 bits per heavy atom. The van der Waals surface area contributed by atoms with Gasteiger partial charge in [0.2, 0.25) is 0 Å². The Kier molecular flexibility index (Phi) is 5.14. The zero-order valence-corrected chi connectivity index (χ0v) is 14.4. The van der Waals surface area contributed by atoms with Crippen molar-refractivity contribution in [1.29, 1.82) is 0 Å². The summed E-state index contributed by atoms with van der Waals surface area (Å²) in [6, 6.07) is 10.7. The van der Waals surface area contributed by atoms with Gasteiger partial charge in [0.05, 0.1) is 12.6 Å². The molecular weight excluding hydrogens is 318 g/mol. The molecule has 3 aromatic rings. The number of nitrogens with zero attached hydrogens (tertiary/aromatic N) is 4. The van der Waals surface area contributed by atoms with Crippen molar-refractivity contribution in [2.45, 2.75) is 32.7 Å². The van der Waals surface area contributed by atoms with Gasteiger partial charge in [0.25, 0.3) is 0 Å². The largest absolute Gasteiger partial charge is 0.508 e. The number of phenols is 1. The van der Waals surface area contributed by atoms with Crippen LogP contribution in [-0.4, -0.2) is 42.7 Å². The second-order valence-electron chi connectivity index (χ2n) is 6.60. The molecule has 0 aliphatic rings. The zero-order valence-electron chi connectivity index (χ0n) is 14.4. The number of rotatable bonds is 7. The van der Waals surface area contributed by atoms with Gasteiger partial charge in [0.15, 0.2) is 11.5 Å². The first-order chi connectivity index (χ1) is 12.0. The number of phenolic OH excluding ortho intramolecular Hbond substituents is 1. The van der Waals surface area contributed by atoms with Crippen molar-refractivity contribution >= 4 is 11.5 Å². The Hall–Kier alpha value is -2.67. The van der Waals surface area contributed by atoms with Crippen molar-refractivity contribution < 1.29 is 10.2 Å². The summed E-state index contributed by atoms with van der Waals surface area (Å²) in [5.41, 5.74) is 1.68. The normalized spacial score (nSPS) is 12.6. The quantitative estimate of drug-likeness (QED) is 0.610. The molecule has 25 heavy (non-hydrogen) atoms. The van der Waals surface area contributed by atoms with Crippen molar-refractivity contribution in [2.24, 2.45) is 5.92 Å². The number of aromatic hydroxyl groups is 1. The topological polar surface area (TPSA) is 95.6 Å². The molecule has 0 saturated heterocycles. The van der Waals surface area contributed by atoms with E-state index in [1.165, 1.54) is 0 Å². The molecule has 3 N–H and O–H groups in total. The third-order valence-electron chi connectivity index (χ3n) is 3.95. The van der Waals surface area contributed by atoms with Crippen molar-refractivity contribution in [1.82, 2.24) is 19.8 Å². The Labute approximate surface area is 146 Å². The van der Waals surface area contributed by atoms with Crippen LogP contribution in [0.4, 0.5) is 5.82 Å². The molecule has 3 rings (SSSR count). The van der Waals surface area contributed by atoms with E-state index in [4.69, 9.17) is 0 Å². The van der Waals surface area contributed by atoms with Crippen LogP contribution < -0.4 is 5.32 Å². The minimum absolute atomic E-state index is 0.0398. The van der Waals surface area contributed by atoms with E-state index in [1.54, 1.807) is 16.6 Å². The predicted molar refractivity (Wildman–Crippen MR) is 95.6 cm³/mol. The van der Waals surface area contributed by atoms with Crippen LogP contribution in [0.2, 0.25) is 0 Å². The van der Waals surface area contributed by atoms with Crippen LogP contribution in [0.15, 0.2) is 36.4 Å². The van der Waals surface area contributed by atoms with E-state index in [-0.39, 0.29) is 18.4 Å². The highest BCUT2D eigenvalue weighted by Gasteiger charge is 2.13. The lowest BCUT2D eigenvalue weighted by Crippen LogP contribution is -2.26. The number of hydrogen-bond donors (Lipinski definition) is 3. The number of anilines is 1. The van der Waals surface area contributed by atoms with Crippen molar-refractivity contribution in [3.8, 4) is 5.75 Å². The molecule has 2 heterocycles. The number of benzene rings is 1. The molecule has 1 atom stereocenters. The predicted octanol–water partition coefficient (Wildman–Crippen LogP) is 2.24. The summed E-state index contributed by atoms with van der Waals surface area (Å²) in [7, 11) is 0. The van der Waals surface area contributed by atoms with Gasteiger partial charge < -0.3 is 15.5 Å². The highest BCUT2D eigenvalue weighted by atomic mass is 16.3. The first kappa shape index (κ1) is 17.2. The van der Waals surface area contributed by atoms with Gasteiger partial charge in [-0.15, -0.1) is 15.3 Å². The maximum absolute atomic E-state index is 9.54. The zero-order chi connectivity index (χ0) is 17.8. The first-order valence-corrected chi connectivity index (χ1v) is 8.42.